The van der Waals surface area contributed by atoms with E-state index >= 15 is 0 Å². The summed E-state index contributed by atoms with van der Waals surface area (Å²) in [5.41, 5.74) is 5.27. The SMILES string of the molecule is C=CC(N)c1c(F)cccc1F.Cl. The summed E-state index contributed by atoms with van der Waals surface area (Å²) in [6.45, 7) is 3.36. The Kier molecular flexibility index (Phi) is 4.59. The highest BCUT2D eigenvalue weighted by Crippen LogP contribution is 2.18. The van der Waals surface area contributed by atoms with Gasteiger partial charge in [0.2, 0.25) is 0 Å². The second-order valence-corrected chi connectivity index (χ2v) is 2.40. The molecule has 1 atom stereocenters. The lowest BCUT2D eigenvalue weighted by Gasteiger charge is -2.08. The number of benzene rings is 1. The van der Waals surface area contributed by atoms with Crippen molar-refractivity contribution in [3.8, 4) is 0 Å². The molecule has 1 aromatic carbocycles. The molecular formula is C9H10ClF2N. The van der Waals surface area contributed by atoms with Crippen LogP contribution in [0, 0.1) is 11.6 Å². The average molecular weight is 206 g/mol. The van der Waals surface area contributed by atoms with E-state index in [-0.39, 0.29) is 18.0 Å². The zero-order valence-electron chi connectivity index (χ0n) is 6.84. The molecule has 13 heavy (non-hydrogen) atoms. The molecule has 0 aromatic heterocycles. The first-order valence-corrected chi connectivity index (χ1v) is 3.49. The fourth-order valence-corrected chi connectivity index (χ4v) is 0.947. The van der Waals surface area contributed by atoms with Gasteiger partial charge in [0.1, 0.15) is 11.6 Å². The molecule has 1 nitrogen and oxygen atoms in total. The molecule has 4 heteroatoms. The maximum absolute atomic E-state index is 12.9. The monoisotopic (exact) mass is 205 g/mol. The molecule has 0 saturated heterocycles. The summed E-state index contributed by atoms with van der Waals surface area (Å²) < 4.78 is 25.8. The normalized spacial score (nSPS) is 11.6. The van der Waals surface area contributed by atoms with Crippen molar-refractivity contribution < 1.29 is 8.78 Å². The van der Waals surface area contributed by atoms with Gasteiger partial charge in [0.05, 0.1) is 6.04 Å². The van der Waals surface area contributed by atoms with Crippen molar-refractivity contribution in [2.24, 2.45) is 5.73 Å². The molecule has 2 N–H and O–H groups in total. The minimum Gasteiger partial charge on any atom is -0.321 e. The topological polar surface area (TPSA) is 26.0 Å². The zero-order valence-corrected chi connectivity index (χ0v) is 7.65. The second-order valence-electron chi connectivity index (χ2n) is 2.40. The fourth-order valence-electron chi connectivity index (χ4n) is 0.947. The van der Waals surface area contributed by atoms with Crippen LogP contribution in [0.4, 0.5) is 8.78 Å². The van der Waals surface area contributed by atoms with E-state index in [1.54, 1.807) is 0 Å². The van der Waals surface area contributed by atoms with Gasteiger partial charge in [-0.05, 0) is 12.1 Å². The van der Waals surface area contributed by atoms with E-state index in [4.69, 9.17) is 5.73 Å². The highest BCUT2D eigenvalue weighted by atomic mass is 35.5. The summed E-state index contributed by atoms with van der Waals surface area (Å²) in [4.78, 5) is 0. The van der Waals surface area contributed by atoms with Crippen molar-refractivity contribution in [2.45, 2.75) is 6.04 Å². The van der Waals surface area contributed by atoms with Gasteiger partial charge in [-0.3, -0.25) is 0 Å². The van der Waals surface area contributed by atoms with Gasteiger partial charge < -0.3 is 5.73 Å². The molecule has 72 valence electrons. The maximum Gasteiger partial charge on any atom is 0.131 e. The van der Waals surface area contributed by atoms with Crippen LogP contribution in [0.25, 0.3) is 0 Å². The Morgan fingerprint density at radius 1 is 1.31 bits per heavy atom. The molecule has 0 aliphatic carbocycles. The third-order valence-corrected chi connectivity index (χ3v) is 1.59. The van der Waals surface area contributed by atoms with Gasteiger partial charge >= 0.3 is 0 Å². The van der Waals surface area contributed by atoms with Gasteiger partial charge in [0, 0.05) is 5.56 Å². The minimum absolute atomic E-state index is 0. The fraction of sp³-hybridized carbons (Fsp3) is 0.111. The molecule has 0 spiro atoms. The maximum atomic E-state index is 12.9. The molecule has 0 heterocycles. The molecule has 0 bridgehead atoms. The van der Waals surface area contributed by atoms with Gasteiger partial charge in [-0.15, -0.1) is 19.0 Å². The standard InChI is InChI=1S/C9H9F2N.ClH/c1-2-8(12)9-6(10)4-3-5-7(9)11;/h2-5,8H,1,12H2;1H. The zero-order chi connectivity index (χ0) is 9.14. The molecule has 1 aromatic rings. The Morgan fingerprint density at radius 2 is 1.77 bits per heavy atom. The summed E-state index contributed by atoms with van der Waals surface area (Å²) in [6, 6.07) is 2.85. The van der Waals surface area contributed by atoms with E-state index in [0.717, 1.165) is 0 Å². The van der Waals surface area contributed by atoms with E-state index in [1.807, 2.05) is 0 Å². The molecule has 1 unspecified atom stereocenters. The summed E-state index contributed by atoms with van der Waals surface area (Å²) in [5.74, 6) is -1.27. The predicted molar refractivity (Wildman–Crippen MR) is 50.7 cm³/mol. The van der Waals surface area contributed by atoms with Crippen molar-refractivity contribution in [2.75, 3.05) is 0 Å². The van der Waals surface area contributed by atoms with Crippen molar-refractivity contribution in [1.29, 1.82) is 0 Å². The lowest BCUT2D eigenvalue weighted by Crippen LogP contribution is -2.10. The Labute approximate surface area is 81.7 Å². The number of hydrogen-bond donors (Lipinski definition) is 1. The first-order valence-electron chi connectivity index (χ1n) is 3.49. The van der Waals surface area contributed by atoms with Crippen molar-refractivity contribution in [3.05, 3.63) is 48.1 Å². The highest BCUT2D eigenvalue weighted by molar-refractivity contribution is 5.85. The smallest absolute Gasteiger partial charge is 0.131 e. The summed E-state index contributed by atoms with van der Waals surface area (Å²) in [6.07, 6.45) is 1.29. The Morgan fingerprint density at radius 3 is 2.15 bits per heavy atom. The summed E-state index contributed by atoms with van der Waals surface area (Å²) in [7, 11) is 0. The quantitative estimate of drug-likeness (QED) is 0.738. The van der Waals surface area contributed by atoms with Gasteiger partial charge in [-0.2, -0.15) is 0 Å². The Balaban J connectivity index is 0.00000144. The number of nitrogens with two attached hydrogens (primary N) is 1. The average Bonchev–Trinajstić information content (AvgIpc) is 2.03. The van der Waals surface area contributed by atoms with E-state index in [0.29, 0.717) is 0 Å². The van der Waals surface area contributed by atoms with Crippen LogP contribution in [0.15, 0.2) is 30.9 Å². The molecule has 0 saturated carbocycles. The van der Waals surface area contributed by atoms with Crippen LogP contribution >= 0.6 is 12.4 Å². The summed E-state index contributed by atoms with van der Waals surface area (Å²) >= 11 is 0. The molecule has 0 radical (unpaired) electrons. The van der Waals surface area contributed by atoms with Crippen molar-refractivity contribution in [3.63, 3.8) is 0 Å². The highest BCUT2D eigenvalue weighted by Gasteiger charge is 2.12. The van der Waals surface area contributed by atoms with E-state index in [1.165, 1.54) is 24.3 Å². The number of hydrogen-bond acceptors (Lipinski definition) is 1. The van der Waals surface area contributed by atoms with Crippen LogP contribution in [-0.4, -0.2) is 0 Å². The van der Waals surface area contributed by atoms with E-state index in [2.05, 4.69) is 6.58 Å². The van der Waals surface area contributed by atoms with E-state index < -0.39 is 17.7 Å². The van der Waals surface area contributed by atoms with Crippen molar-refractivity contribution in [1.82, 2.24) is 0 Å². The van der Waals surface area contributed by atoms with Crippen LogP contribution in [0.1, 0.15) is 11.6 Å². The Bertz CT molecular complexity index is 281. The van der Waals surface area contributed by atoms with Crippen LogP contribution in [0.2, 0.25) is 0 Å². The van der Waals surface area contributed by atoms with Crippen LogP contribution in [-0.2, 0) is 0 Å². The first-order chi connectivity index (χ1) is 5.66. The van der Waals surface area contributed by atoms with Gasteiger partial charge in [0.25, 0.3) is 0 Å². The molecule has 0 amide bonds. The van der Waals surface area contributed by atoms with Crippen LogP contribution in [0.3, 0.4) is 0 Å². The predicted octanol–water partition coefficient (Wildman–Crippen LogP) is 2.57. The molecule has 0 aliphatic rings. The first kappa shape index (κ1) is 12.1. The lowest BCUT2D eigenvalue weighted by molar-refractivity contribution is 0.546. The van der Waals surface area contributed by atoms with Gasteiger partial charge in [0.15, 0.2) is 0 Å². The van der Waals surface area contributed by atoms with Gasteiger partial charge in [-0.1, -0.05) is 12.1 Å². The lowest BCUT2D eigenvalue weighted by atomic mass is 10.1. The third kappa shape index (κ3) is 2.50. The molecule has 1 rings (SSSR count). The van der Waals surface area contributed by atoms with E-state index in [9.17, 15) is 8.78 Å². The van der Waals surface area contributed by atoms with Crippen molar-refractivity contribution >= 4 is 12.4 Å². The third-order valence-electron chi connectivity index (χ3n) is 1.59. The Hall–Kier alpha value is -0.930. The molecule has 0 aliphatic heterocycles. The van der Waals surface area contributed by atoms with Crippen LogP contribution in [0.5, 0.6) is 0 Å². The largest absolute Gasteiger partial charge is 0.321 e. The minimum atomic E-state index is -0.786. The van der Waals surface area contributed by atoms with Crippen LogP contribution < -0.4 is 5.73 Å². The molecular weight excluding hydrogens is 196 g/mol. The second kappa shape index (κ2) is 4.94. The summed E-state index contributed by atoms with van der Waals surface area (Å²) in [5, 5.41) is 0. The molecule has 0 fully saturated rings. The van der Waals surface area contributed by atoms with Gasteiger partial charge in [-0.25, -0.2) is 8.78 Å². The number of rotatable bonds is 2. The number of halogens is 3.